The molecule has 2 heteroatoms. The molecule has 0 bridgehead atoms. The maximum absolute atomic E-state index is 4.39. The molecule has 0 aromatic carbocycles. The molecule has 0 rings (SSSR count). The SMILES string of the molecule is CC(C)BC(C)(C)S. The van der Waals surface area contributed by atoms with Gasteiger partial charge in [0.1, 0.15) is 7.28 Å². The molecule has 0 radical (unpaired) electrons. The Balaban J connectivity index is 3.39. The van der Waals surface area contributed by atoms with Crippen molar-refractivity contribution in [2.24, 2.45) is 0 Å². The summed E-state index contributed by atoms with van der Waals surface area (Å²) in [6.07, 6.45) is 0. The van der Waals surface area contributed by atoms with E-state index in [0.29, 0.717) is 0 Å². The van der Waals surface area contributed by atoms with E-state index in [1.54, 1.807) is 0 Å². The molecule has 0 aliphatic rings. The Morgan fingerprint density at radius 1 is 1.38 bits per heavy atom. The van der Waals surface area contributed by atoms with Crippen molar-refractivity contribution in [3.63, 3.8) is 0 Å². The first-order valence-electron chi connectivity index (χ1n) is 3.14. The van der Waals surface area contributed by atoms with Crippen LogP contribution in [0.1, 0.15) is 27.7 Å². The molecule has 0 saturated heterocycles. The largest absolute Gasteiger partial charge is 0.182 e. The van der Waals surface area contributed by atoms with Crippen molar-refractivity contribution in [1.29, 1.82) is 0 Å². The fraction of sp³-hybridized carbons (Fsp3) is 1.00. The molecule has 0 saturated carbocycles. The van der Waals surface area contributed by atoms with Gasteiger partial charge in [-0.3, -0.25) is 0 Å². The van der Waals surface area contributed by atoms with E-state index in [4.69, 9.17) is 0 Å². The standard InChI is InChI=1S/C6H15BS/c1-5(2)7-6(3,4)8/h5,7-8H,1-4H3. The zero-order valence-corrected chi connectivity index (χ0v) is 7.13. The van der Waals surface area contributed by atoms with Gasteiger partial charge in [-0.2, -0.15) is 12.6 Å². The summed E-state index contributed by atoms with van der Waals surface area (Å²) < 4.78 is 0.216. The van der Waals surface area contributed by atoms with Gasteiger partial charge in [0, 0.05) is 0 Å². The van der Waals surface area contributed by atoms with Crippen LogP contribution in [0, 0.1) is 0 Å². The highest BCUT2D eigenvalue weighted by Crippen LogP contribution is 2.15. The molecule has 0 aliphatic carbocycles. The highest BCUT2D eigenvalue weighted by molar-refractivity contribution is 7.83. The summed E-state index contributed by atoms with van der Waals surface area (Å²) in [4.78, 5) is 0. The first-order chi connectivity index (χ1) is 3.42. The molecule has 0 aromatic rings. The Morgan fingerprint density at radius 2 is 1.75 bits per heavy atom. The van der Waals surface area contributed by atoms with Gasteiger partial charge in [0.15, 0.2) is 0 Å². The lowest BCUT2D eigenvalue weighted by molar-refractivity contribution is 0.938. The summed E-state index contributed by atoms with van der Waals surface area (Å²) in [5.74, 6) is 0.766. The fourth-order valence-electron chi connectivity index (χ4n) is 0.999. The first kappa shape index (κ1) is 8.41. The minimum Gasteiger partial charge on any atom is -0.182 e. The third-order valence-electron chi connectivity index (χ3n) is 0.908. The Morgan fingerprint density at radius 3 is 1.75 bits per heavy atom. The van der Waals surface area contributed by atoms with Gasteiger partial charge in [-0.15, -0.1) is 0 Å². The van der Waals surface area contributed by atoms with Crippen molar-refractivity contribution >= 4 is 19.9 Å². The number of rotatable bonds is 2. The summed E-state index contributed by atoms with van der Waals surface area (Å²) >= 11 is 4.39. The molecule has 0 aromatic heterocycles. The van der Waals surface area contributed by atoms with E-state index in [1.807, 2.05) is 0 Å². The number of thiol groups is 1. The van der Waals surface area contributed by atoms with E-state index in [2.05, 4.69) is 40.3 Å². The zero-order chi connectivity index (χ0) is 6.78. The molecule has 0 nitrogen and oxygen atoms in total. The molecule has 8 heavy (non-hydrogen) atoms. The van der Waals surface area contributed by atoms with Gasteiger partial charge < -0.3 is 0 Å². The zero-order valence-electron chi connectivity index (χ0n) is 6.23. The lowest BCUT2D eigenvalue weighted by Gasteiger charge is -2.17. The summed E-state index contributed by atoms with van der Waals surface area (Å²) in [7, 11) is 1.19. The van der Waals surface area contributed by atoms with Crippen LogP contribution in [0.25, 0.3) is 0 Å². The van der Waals surface area contributed by atoms with Crippen LogP contribution in [-0.4, -0.2) is 11.9 Å². The van der Waals surface area contributed by atoms with Crippen molar-refractivity contribution in [2.45, 2.75) is 38.2 Å². The van der Waals surface area contributed by atoms with Crippen LogP contribution in [0.3, 0.4) is 0 Å². The molecular formula is C6H15BS. The van der Waals surface area contributed by atoms with Crippen molar-refractivity contribution in [3.8, 4) is 0 Å². The second-order valence-electron chi connectivity index (χ2n) is 3.41. The predicted octanol–water partition coefficient (Wildman–Crippen LogP) is 1.92. The van der Waals surface area contributed by atoms with Crippen LogP contribution >= 0.6 is 12.6 Å². The molecule has 0 amide bonds. The van der Waals surface area contributed by atoms with E-state index in [0.717, 1.165) is 5.82 Å². The van der Waals surface area contributed by atoms with Crippen molar-refractivity contribution < 1.29 is 0 Å². The van der Waals surface area contributed by atoms with Crippen LogP contribution in [0.15, 0.2) is 0 Å². The van der Waals surface area contributed by atoms with Crippen molar-refractivity contribution in [3.05, 3.63) is 0 Å². The van der Waals surface area contributed by atoms with E-state index < -0.39 is 0 Å². The summed E-state index contributed by atoms with van der Waals surface area (Å²) in [5, 5.41) is 0. The minimum absolute atomic E-state index is 0.216. The first-order valence-corrected chi connectivity index (χ1v) is 3.59. The molecule has 0 fully saturated rings. The summed E-state index contributed by atoms with van der Waals surface area (Å²) in [6, 6.07) is 0. The Labute approximate surface area is 58.7 Å². The molecule has 0 atom stereocenters. The van der Waals surface area contributed by atoms with Crippen LogP contribution in [-0.2, 0) is 0 Å². The highest BCUT2D eigenvalue weighted by Gasteiger charge is 2.14. The van der Waals surface area contributed by atoms with Gasteiger partial charge >= 0.3 is 0 Å². The fourth-order valence-corrected chi connectivity index (χ4v) is 1.36. The Hall–Kier alpha value is 0.415. The highest BCUT2D eigenvalue weighted by atomic mass is 32.1. The second kappa shape index (κ2) is 2.81. The van der Waals surface area contributed by atoms with Gasteiger partial charge in [-0.05, 0) is 4.65 Å². The van der Waals surface area contributed by atoms with Crippen molar-refractivity contribution in [1.82, 2.24) is 0 Å². The van der Waals surface area contributed by atoms with Crippen LogP contribution in [0.4, 0.5) is 0 Å². The molecule has 0 heterocycles. The van der Waals surface area contributed by atoms with Gasteiger partial charge in [-0.1, -0.05) is 33.5 Å². The maximum atomic E-state index is 4.39. The molecule has 0 N–H and O–H groups in total. The monoisotopic (exact) mass is 130 g/mol. The molecule has 48 valence electrons. The average Bonchev–Trinajstić information content (AvgIpc) is 1.21. The maximum Gasteiger partial charge on any atom is 0.142 e. The van der Waals surface area contributed by atoms with Gasteiger partial charge in [0.2, 0.25) is 0 Å². The number of hydrogen-bond donors (Lipinski definition) is 1. The molecular weight excluding hydrogens is 115 g/mol. The quantitative estimate of drug-likeness (QED) is 0.428. The van der Waals surface area contributed by atoms with Gasteiger partial charge in [-0.25, -0.2) is 0 Å². The number of hydrogen-bond acceptors (Lipinski definition) is 1. The average molecular weight is 130 g/mol. The Bertz CT molecular complexity index is 63.4. The van der Waals surface area contributed by atoms with Crippen LogP contribution < -0.4 is 0 Å². The lowest BCUT2D eigenvalue weighted by atomic mass is 9.57. The minimum atomic E-state index is 0.216. The lowest BCUT2D eigenvalue weighted by Crippen LogP contribution is -2.22. The van der Waals surface area contributed by atoms with Crippen molar-refractivity contribution in [2.75, 3.05) is 0 Å². The van der Waals surface area contributed by atoms with Gasteiger partial charge in [0.05, 0.1) is 0 Å². The van der Waals surface area contributed by atoms with Crippen LogP contribution in [0.5, 0.6) is 0 Å². The van der Waals surface area contributed by atoms with E-state index in [-0.39, 0.29) is 4.65 Å². The van der Waals surface area contributed by atoms with E-state index in [9.17, 15) is 0 Å². The smallest absolute Gasteiger partial charge is 0.142 e. The molecule has 0 aliphatic heterocycles. The second-order valence-corrected chi connectivity index (χ2v) is 4.62. The van der Waals surface area contributed by atoms with E-state index >= 15 is 0 Å². The molecule has 0 unspecified atom stereocenters. The van der Waals surface area contributed by atoms with Gasteiger partial charge in [0.25, 0.3) is 0 Å². The third-order valence-corrected chi connectivity index (χ3v) is 1.09. The normalized spacial score (nSPS) is 12.2. The van der Waals surface area contributed by atoms with E-state index in [1.165, 1.54) is 7.28 Å². The Kier molecular flexibility index (Phi) is 2.96. The third kappa shape index (κ3) is 6.41. The molecule has 0 spiro atoms. The summed E-state index contributed by atoms with van der Waals surface area (Å²) in [6.45, 7) is 8.74. The summed E-state index contributed by atoms with van der Waals surface area (Å²) in [5.41, 5.74) is 0. The topological polar surface area (TPSA) is 0 Å². The predicted molar refractivity (Wildman–Crippen MR) is 45.3 cm³/mol. The van der Waals surface area contributed by atoms with Crippen LogP contribution in [0.2, 0.25) is 5.82 Å².